The van der Waals surface area contributed by atoms with Gasteiger partial charge in [0.15, 0.2) is 5.17 Å². The summed E-state index contributed by atoms with van der Waals surface area (Å²) < 4.78 is 10.2. The third-order valence-electron chi connectivity index (χ3n) is 3.25. The minimum atomic E-state index is -0.595. The zero-order valence-corrected chi connectivity index (χ0v) is 15.0. The van der Waals surface area contributed by atoms with Gasteiger partial charge in [-0.3, -0.25) is 10.1 Å². The predicted octanol–water partition coefficient (Wildman–Crippen LogP) is 2.47. The molecule has 132 valence electrons. The van der Waals surface area contributed by atoms with Gasteiger partial charge in [0.2, 0.25) is 0 Å². The number of nitrogens with zero attached hydrogens (tertiary/aromatic N) is 2. The molecule has 25 heavy (non-hydrogen) atoms. The Morgan fingerprint density at radius 2 is 2.08 bits per heavy atom. The molecule has 1 heterocycles. The number of benzene rings is 1. The Morgan fingerprint density at radius 1 is 1.36 bits per heavy atom. The van der Waals surface area contributed by atoms with Gasteiger partial charge in [0.05, 0.1) is 24.3 Å². The Labute approximate surface area is 150 Å². The van der Waals surface area contributed by atoms with Crippen molar-refractivity contribution < 1.29 is 19.1 Å². The first-order valence-electron chi connectivity index (χ1n) is 7.68. The van der Waals surface area contributed by atoms with Crippen molar-refractivity contribution >= 4 is 35.0 Å². The van der Waals surface area contributed by atoms with E-state index in [0.29, 0.717) is 5.17 Å². The SMILES string of the molecule is CCC(C)Oc1ccc(C=N/N=C2/NC(=O)/C(=C\C(=O)OC)S2)cc1. The molecule has 8 heteroatoms. The molecular weight excluding hydrogens is 342 g/mol. The van der Waals surface area contributed by atoms with Crippen LogP contribution < -0.4 is 10.1 Å². The average Bonchev–Trinajstić information content (AvgIpc) is 2.95. The van der Waals surface area contributed by atoms with Crippen molar-refractivity contribution in [2.45, 2.75) is 26.4 Å². The number of methoxy groups -OCH3 is 1. The summed E-state index contributed by atoms with van der Waals surface area (Å²) in [6.07, 6.45) is 3.79. The van der Waals surface area contributed by atoms with Gasteiger partial charge in [-0.1, -0.05) is 6.92 Å². The van der Waals surface area contributed by atoms with Gasteiger partial charge in [-0.15, -0.1) is 5.10 Å². The molecule has 1 fully saturated rings. The Morgan fingerprint density at radius 3 is 2.72 bits per heavy atom. The van der Waals surface area contributed by atoms with E-state index in [1.165, 1.54) is 7.11 Å². The van der Waals surface area contributed by atoms with Crippen molar-refractivity contribution in [2.75, 3.05) is 7.11 Å². The lowest BCUT2D eigenvalue weighted by molar-refractivity contribution is -0.135. The summed E-state index contributed by atoms with van der Waals surface area (Å²) in [5.41, 5.74) is 0.848. The molecule has 0 saturated carbocycles. The standard InChI is InChI=1S/C17H19N3O4S/c1-4-11(2)24-13-7-5-12(6-8-13)10-18-20-17-19-16(22)14(25-17)9-15(21)23-3/h5-11H,4H2,1-3H3,(H,19,20,22)/b14-9+,18-10?. The lowest BCUT2D eigenvalue weighted by atomic mass is 10.2. The maximum absolute atomic E-state index is 11.7. The molecule has 0 radical (unpaired) electrons. The Balaban J connectivity index is 1.96. The summed E-state index contributed by atoms with van der Waals surface area (Å²) in [7, 11) is 1.25. The minimum absolute atomic E-state index is 0.168. The zero-order chi connectivity index (χ0) is 18.2. The van der Waals surface area contributed by atoms with Crippen molar-refractivity contribution in [2.24, 2.45) is 10.2 Å². The number of amides is 1. The number of rotatable bonds is 6. The summed E-state index contributed by atoms with van der Waals surface area (Å²) in [5, 5.41) is 10.7. The van der Waals surface area contributed by atoms with Crippen LogP contribution in [0.5, 0.6) is 5.75 Å². The molecular formula is C17H19N3O4S. The highest BCUT2D eigenvalue weighted by molar-refractivity contribution is 8.18. The van der Waals surface area contributed by atoms with E-state index >= 15 is 0 Å². The molecule has 1 aromatic carbocycles. The number of thioether (sulfide) groups is 1. The van der Waals surface area contributed by atoms with E-state index in [2.05, 4.69) is 27.2 Å². The van der Waals surface area contributed by atoms with Gasteiger partial charge < -0.3 is 9.47 Å². The molecule has 1 saturated heterocycles. The number of ether oxygens (including phenoxy) is 2. The Kier molecular flexibility index (Phi) is 6.76. The van der Waals surface area contributed by atoms with Gasteiger partial charge in [-0.05, 0) is 54.9 Å². The molecule has 1 aliphatic rings. The van der Waals surface area contributed by atoms with Crippen LogP contribution in [0.2, 0.25) is 0 Å². The van der Waals surface area contributed by atoms with Gasteiger partial charge in [0, 0.05) is 6.08 Å². The van der Waals surface area contributed by atoms with Crippen molar-refractivity contribution in [1.29, 1.82) is 0 Å². The second kappa shape index (κ2) is 9.03. The van der Waals surface area contributed by atoms with Gasteiger partial charge in [-0.25, -0.2) is 4.79 Å². The second-order valence-electron chi connectivity index (χ2n) is 5.14. The average molecular weight is 361 g/mol. The summed E-state index contributed by atoms with van der Waals surface area (Å²) in [6.45, 7) is 4.08. The van der Waals surface area contributed by atoms with Crippen molar-refractivity contribution in [3.63, 3.8) is 0 Å². The van der Waals surface area contributed by atoms with Crippen LogP contribution in [0, 0.1) is 0 Å². The number of carbonyl (C=O) groups excluding carboxylic acids is 2. The van der Waals surface area contributed by atoms with Gasteiger partial charge >= 0.3 is 5.97 Å². The molecule has 1 amide bonds. The van der Waals surface area contributed by atoms with Crippen LogP contribution in [-0.4, -0.2) is 36.5 Å². The Bertz CT molecular complexity index is 726. The van der Waals surface area contributed by atoms with Crippen molar-refractivity contribution in [1.82, 2.24) is 5.32 Å². The molecule has 2 rings (SSSR count). The number of esters is 1. The topological polar surface area (TPSA) is 89.4 Å². The first-order valence-corrected chi connectivity index (χ1v) is 8.50. The van der Waals surface area contributed by atoms with Crippen LogP contribution in [0.25, 0.3) is 0 Å². The number of hydrogen-bond donors (Lipinski definition) is 1. The van der Waals surface area contributed by atoms with Crippen molar-refractivity contribution in [3.8, 4) is 5.75 Å². The molecule has 0 aliphatic carbocycles. The van der Waals surface area contributed by atoms with Gasteiger partial charge in [0.25, 0.3) is 5.91 Å². The molecule has 7 nitrogen and oxygen atoms in total. The van der Waals surface area contributed by atoms with E-state index in [1.54, 1.807) is 6.21 Å². The van der Waals surface area contributed by atoms with E-state index in [0.717, 1.165) is 35.6 Å². The van der Waals surface area contributed by atoms with Crippen LogP contribution in [0.4, 0.5) is 0 Å². The highest BCUT2D eigenvalue weighted by atomic mass is 32.2. The summed E-state index contributed by atoms with van der Waals surface area (Å²) in [4.78, 5) is 23.0. The lowest BCUT2D eigenvalue weighted by Gasteiger charge is -2.12. The largest absolute Gasteiger partial charge is 0.491 e. The van der Waals surface area contributed by atoms with Gasteiger partial charge in [0.1, 0.15) is 5.75 Å². The fourth-order valence-corrected chi connectivity index (χ4v) is 2.48. The summed E-state index contributed by atoms with van der Waals surface area (Å²) >= 11 is 1.03. The van der Waals surface area contributed by atoms with Crippen LogP contribution in [0.15, 0.2) is 45.4 Å². The normalized spacial score (nSPS) is 18.6. The van der Waals surface area contributed by atoms with Gasteiger partial charge in [-0.2, -0.15) is 5.10 Å². The van der Waals surface area contributed by atoms with E-state index in [4.69, 9.17) is 4.74 Å². The third-order valence-corrected chi connectivity index (χ3v) is 4.15. The van der Waals surface area contributed by atoms with Crippen LogP contribution >= 0.6 is 11.8 Å². The molecule has 1 N–H and O–H groups in total. The molecule has 0 aromatic heterocycles. The fraction of sp³-hybridized carbons (Fsp3) is 0.294. The first-order chi connectivity index (χ1) is 12.0. The zero-order valence-electron chi connectivity index (χ0n) is 14.2. The van der Waals surface area contributed by atoms with E-state index in [-0.39, 0.29) is 11.0 Å². The number of amidine groups is 1. The highest BCUT2D eigenvalue weighted by Gasteiger charge is 2.24. The van der Waals surface area contributed by atoms with E-state index < -0.39 is 11.9 Å². The van der Waals surface area contributed by atoms with Crippen LogP contribution in [0.3, 0.4) is 0 Å². The molecule has 1 atom stereocenters. The quantitative estimate of drug-likeness (QED) is 0.364. The molecule has 1 aliphatic heterocycles. The second-order valence-corrected chi connectivity index (χ2v) is 6.17. The Hall–Kier alpha value is -2.61. The van der Waals surface area contributed by atoms with E-state index in [1.807, 2.05) is 31.2 Å². The number of hydrogen-bond acceptors (Lipinski definition) is 7. The molecule has 1 unspecified atom stereocenters. The number of nitrogens with one attached hydrogen (secondary N) is 1. The van der Waals surface area contributed by atoms with Crippen molar-refractivity contribution in [3.05, 3.63) is 40.8 Å². The summed E-state index contributed by atoms with van der Waals surface area (Å²) in [5.74, 6) is -0.202. The van der Waals surface area contributed by atoms with E-state index in [9.17, 15) is 9.59 Å². The molecule has 0 spiro atoms. The maximum atomic E-state index is 11.7. The smallest absolute Gasteiger partial charge is 0.331 e. The highest BCUT2D eigenvalue weighted by Crippen LogP contribution is 2.23. The molecule has 0 bridgehead atoms. The molecule has 1 aromatic rings. The van der Waals surface area contributed by atoms with Crippen LogP contribution in [-0.2, 0) is 14.3 Å². The third kappa shape index (κ3) is 5.75. The minimum Gasteiger partial charge on any atom is -0.491 e. The monoisotopic (exact) mass is 361 g/mol. The number of carbonyl (C=O) groups is 2. The maximum Gasteiger partial charge on any atom is 0.331 e. The first kappa shape index (κ1) is 18.7. The summed E-state index contributed by atoms with van der Waals surface area (Å²) in [6, 6.07) is 7.46. The fourth-order valence-electron chi connectivity index (χ4n) is 1.74. The predicted molar refractivity (Wildman–Crippen MR) is 97.7 cm³/mol. The van der Waals surface area contributed by atoms with Crippen LogP contribution in [0.1, 0.15) is 25.8 Å². The lowest BCUT2D eigenvalue weighted by Crippen LogP contribution is -2.19.